The molecule has 1 aromatic heterocycles. The Bertz CT molecular complexity index is 748. The molecule has 0 radical (unpaired) electrons. The smallest absolute Gasteiger partial charge is 0.158 e. The topological polar surface area (TPSA) is 39.2 Å². The van der Waals surface area contributed by atoms with Gasteiger partial charge in [0.2, 0.25) is 0 Å². The third-order valence-electron chi connectivity index (χ3n) is 2.58. The summed E-state index contributed by atoms with van der Waals surface area (Å²) in [5, 5.41) is 3.16. The van der Waals surface area contributed by atoms with Crippen molar-refractivity contribution in [3.8, 4) is 0 Å². The van der Waals surface area contributed by atoms with Crippen LogP contribution in [0.4, 0.5) is 5.69 Å². The molecule has 17 heavy (non-hydrogen) atoms. The van der Waals surface area contributed by atoms with Gasteiger partial charge in [-0.05, 0) is 18.2 Å². The first-order chi connectivity index (χ1) is 8.06. The molecule has 3 aromatic rings. The second-order valence-electron chi connectivity index (χ2n) is 3.73. The van der Waals surface area contributed by atoms with Crippen LogP contribution < -0.4 is 5.73 Å². The Kier molecular flexibility index (Phi) is 2.40. The van der Waals surface area contributed by atoms with Crippen molar-refractivity contribution in [2.24, 2.45) is 0 Å². The number of benzene rings is 2. The number of anilines is 1. The molecule has 0 aliphatic carbocycles. The molecule has 86 valence electrons. The predicted molar refractivity (Wildman–Crippen MR) is 73.2 cm³/mol. The maximum Gasteiger partial charge on any atom is 0.158 e. The minimum atomic E-state index is 0.482. The standard InChI is InChI=1S/C12H6Cl3NO/c13-5-1-7-11-8(15)2-6(14)4-10(11)17-12(7)9(16)3-5/h1-4H,16H2. The molecule has 0 amide bonds. The lowest BCUT2D eigenvalue weighted by molar-refractivity contribution is 0.670. The van der Waals surface area contributed by atoms with E-state index in [-0.39, 0.29) is 0 Å². The van der Waals surface area contributed by atoms with Crippen molar-refractivity contribution in [1.82, 2.24) is 0 Å². The van der Waals surface area contributed by atoms with Crippen LogP contribution in [0.5, 0.6) is 0 Å². The Hall–Kier alpha value is -1.09. The quantitative estimate of drug-likeness (QED) is 0.582. The van der Waals surface area contributed by atoms with Gasteiger partial charge in [-0.15, -0.1) is 0 Å². The molecule has 0 aliphatic rings. The van der Waals surface area contributed by atoms with Crippen molar-refractivity contribution >= 4 is 62.4 Å². The molecule has 0 saturated carbocycles. The Morgan fingerprint density at radius 1 is 0.941 bits per heavy atom. The fraction of sp³-hybridized carbons (Fsp3) is 0. The molecule has 2 N–H and O–H groups in total. The van der Waals surface area contributed by atoms with Crippen LogP contribution in [0.3, 0.4) is 0 Å². The van der Waals surface area contributed by atoms with Gasteiger partial charge in [0, 0.05) is 26.9 Å². The van der Waals surface area contributed by atoms with E-state index >= 15 is 0 Å². The predicted octanol–water partition coefficient (Wildman–Crippen LogP) is 5.13. The molecule has 0 bridgehead atoms. The zero-order chi connectivity index (χ0) is 12.2. The lowest BCUT2D eigenvalue weighted by Gasteiger charge is -1.97. The average Bonchev–Trinajstić information content (AvgIpc) is 2.56. The number of fused-ring (bicyclic) bond motifs is 3. The second kappa shape index (κ2) is 3.70. The highest BCUT2D eigenvalue weighted by molar-refractivity contribution is 6.41. The summed E-state index contributed by atoms with van der Waals surface area (Å²) in [5.74, 6) is 0. The molecule has 2 aromatic carbocycles. The van der Waals surface area contributed by atoms with Crippen molar-refractivity contribution in [3.05, 3.63) is 39.3 Å². The van der Waals surface area contributed by atoms with Gasteiger partial charge >= 0.3 is 0 Å². The van der Waals surface area contributed by atoms with Crippen LogP contribution in [0.15, 0.2) is 28.7 Å². The number of halogens is 3. The highest BCUT2D eigenvalue weighted by Gasteiger charge is 2.14. The minimum absolute atomic E-state index is 0.482. The molecule has 0 unspecified atom stereocenters. The van der Waals surface area contributed by atoms with Crippen LogP contribution >= 0.6 is 34.8 Å². The third kappa shape index (κ3) is 1.64. The SMILES string of the molecule is Nc1cc(Cl)cc2c1oc1cc(Cl)cc(Cl)c12. The van der Waals surface area contributed by atoms with E-state index in [0.717, 1.165) is 10.8 Å². The zero-order valence-corrected chi connectivity index (χ0v) is 10.7. The summed E-state index contributed by atoms with van der Waals surface area (Å²) in [5.41, 5.74) is 7.52. The summed E-state index contributed by atoms with van der Waals surface area (Å²) in [7, 11) is 0. The Labute approximate surface area is 112 Å². The first-order valence-electron chi connectivity index (χ1n) is 4.82. The molecule has 0 aliphatic heterocycles. The van der Waals surface area contributed by atoms with Gasteiger partial charge in [-0.1, -0.05) is 34.8 Å². The van der Waals surface area contributed by atoms with Crippen LogP contribution in [0.1, 0.15) is 0 Å². The highest BCUT2D eigenvalue weighted by atomic mass is 35.5. The molecular weight excluding hydrogens is 280 g/mol. The van der Waals surface area contributed by atoms with E-state index in [1.54, 1.807) is 24.3 Å². The van der Waals surface area contributed by atoms with Crippen molar-refractivity contribution < 1.29 is 4.42 Å². The Morgan fingerprint density at radius 3 is 2.41 bits per heavy atom. The van der Waals surface area contributed by atoms with Gasteiger partial charge in [-0.25, -0.2) is 0 Å². The molecule has 5 heteroatoms. The summed E-state index contributed by atoms with van der Waals surface area (Å²) < 4.78 is 5.65. The fourth-order valence-corrected chi connectivity index (χ4v) is 2.72. The number of hydrogen-bond donors (Lipinski definition) is 1. The van der Waals surface area contributed by atoms with Crippen LogP contribution in [0.2, 0.25) is 15.1 Å². The molecule has 0 atom stereocenters. The largest absolute Gasteiger partial charge is 0.454 e. The van der Waals surface area contributed by atoms with E-state index in [0.29, 0.717) is 31.9 Å². The number of rotatable bonds is 0. The molecule has 3 rings (SSSR count). The van der Waals surface area contributed by atoms with Gasteiger partial charge in [0.15, 0.2) is 5.58 Å². The first-order valence-corrected chi connectivity index (χ1v) is 5.96. The molecule has 2 nitrogen and oxygen atoms in total. The van der Waals surface area contributed by atoms with E-state index in [1.165, 1.54) is 0 Å². The van der Waals surface area contributed by atoms with Gasteiger partial charge in [0.25, 0.3) is 0 Å². The Morgan fingerprint density at radius 2 is 1.65 bits per heavy atom. The van der Waals surface area contributed by atoms with Crippen molar-refractivity contribution in [3.63, 3.8) is 0 Å². The molecule has 0 saturated heterocycles. The maximum absolute atomic E-state index is 6.16. The number of hydrogen-bond acceptors (Lipinski definition) is 2. The summed E-state index contributed by atoms with van der Waals surface area (Å²) in [6.07, 6.45) is 0. The molecule has 1 heterocycles. The molecular formula is C12H6Cl3NO. The fourth-order valence-electron chi connectivity index (χ4n) is 1.92. The average molecular weight is 287 g/mol. The van der Waals surface area contributed by atoms with Gasteiger partial charge in [-0.2, -0.15) is 0 Å². The number of nitrogen functional groups attached to an aromatic ring is 1. The van der Waals surface area contributed by atoms with Crippen molar-refractivity contribution in [2.45, 2.75) is 0 Å². The second-order valence-corrected chi connectivity index (χ2v) is 5.01. The third-order valence-corrected chi connectivity index (χ3v) is 3.32. The van der Waals surface area contributed by atoms with Crippen molar-refractivity contribution in [2.75, 3.05) is 5.73 Å². The summed E-state index contributed by atoms with van der Waals surface area (Å²) >= 11 is 18.1. The number of furan rings is 1. The monoisotopic (exact) mass is 285 g/mol. The van der Waals surface area contributed by atoms with Crippen LogP contribution in [-0.2, 0) is 0 Å². The van der Waals surface area contributed by atoms with Crippen molar-refractivity contribution in [1.29, 1.82) is 0 Å². The van der Waals surface area contributed by atoms with E-state index in [1.807, 2.05) is 0 Å². The van der Waals surface area contributed by atoms with Gasteiger partial charge in [-0.3, -0.25) is 0 Å². The summed E-state index contributed by atoms with van der Waals surface area (Å²) in [4.78, 5) is 0. The molecule has 0 spiro atoms. The molecule has 0 fully saturated rings. The van der Waals surface area contributed by atoms with E-state index < -0.39 is 0 Å². The maximum atomic E-state index is 6.16. The first kappa shape index (κ1) is 11.0. The van der Waals surface area contributed by atoms with Gasteiger partial charge < -0.3 is 10.2 Å². The van der Waals surface area contributed by atoms with Gasteiger partial charge in [0.1, 0.15) is 5.58 Å². The summed E-state index contributed by atoms with van der Waals surface area (Å²) in [6.45, 7) is 0. The lowest BCUT2D eigenvalue weighted by Crippen LogP contribution is -1.84. The lowest BCUT2D eigenvalue weighted by atomic mass is 10.1. The van der Waals surface area contributed by atoms with E-state index in [9.17, 15) is 0 Å². The van der Waals surface area contributed by atoms with E-state index in [4.69, 9.17) is 45.0 Å². The Balaban J connectivity index is 2.60. The van der Waals surface area contributed by atoms with Gasteiger partial charge in [0.05, 0.1) is 10.7 Å². The number of nitrogens with two attached hydrogens (primary N) is 1. The van der Waals surface area contributed by atoms with E-state index in [2.05, 4.69) is 0 Å². The highest BCUT2D eigenvalue weighted by Crippen LogP contribution is 2.39. The minimum Gasteiger partial charge on any atom is -0.454 e. The van der Waals surface area contributed by atoms with Crippen LogP contribution in [0, 0.1) is 0 Å². The summed E-state index contributed by atoms with van der Waals surface area (Å²) in [6, 6.07) is 6.79. The normalized spacial score (nSPS) is 11.5. The zero-order valence-electron chi connectivity index (χ0n) is 8.43. The van der Waals surface area contributed by atoms with Crippen LogP contribution in [0.25, 0.3) is 21.9 Å². The van der Waals surface area contributed by atoms with Crippen LogP contribution in [-0.4, -0.2) is 0 Å².